The van der Waals surface area contributed by atoms with Crippen molar-refractivity contribution in [1.82, 2.24) is 10.2 Å². The molecule has 1 aromatic carbocycles. The first-order valence-corrected chi connectivity index (χ1v) is 8.16. The van der Waals surface area contributed by atoms with Crippen molar-refractivity contribution in [3.8, 4) is 0 Å². The molecule has 1 aromatic rings. The van der Waals surface area contributed by atoms with Gasteiger partial charge in [-0.3, -0.25) is 4.90 Å². The van der Waals surface area contributed by atoms with Gasteiger partial charge >= 0.3 is 0 Å². The molecule has 0 aliphatic carbocycles. The van der Waals surface area contributed by atoms with Crippen molar-refractivity contribution >= 4 is 11.8 Å². The van der Waals surface area contributed by atoms with Gasteiger partial charge in [0.2, 0.25) is 0 Å². The predicted octanol–water partition coefficient (Wildman–Crippen LogP) is 2.87. The Labute approximate surface area is 119 Å². The topological polar surface area (TPSA) is 15.3 Å². The van der Waals surface area contributed by atoms with Gasteiger partial charge in [-0.1, -0.05) is 19.1 Å². The maximum atomic E-state index is 13.9. The van der Waals surface area contributed by atoms with Gasteiger partial charge < -0.3 is 5.32 Å². The molecule has 2 nitrogen and oxygen atoms in total. The third-order valence-electron chi connectivity index (χ3n) is 3.57. The highest BCUT2D eigenvalue weighted by molar-refractivity contribution is 7.99. The van der Waals surface area contributed by atoms with E-state index in [0.29, 0.717) is 6.04 Å². The van der Waals surface area contributed by atoms with E-state index in [1.165, 1.54) is 0 Å². The van der Waals surface area contributed by atoms with Gasteiger partial charge in [0.15, 0.2) is 0 Å². The molecular weight excluding hydrogens is 259 g/mol. The summed E-state index contributed by atoms with van der Waals surface area (Å²) in [7, 11) is 0. The zero-order valence-corrected chi connectivity index (χ0v) is 12.6. The van der Waals surface area contributed by atoms with Crippen LogP contribution in [0.5, 0.6) is 0 Å². The lowest BCUT2D eigenvalue weighted by atomic mass is 10.1. The second-order valence-corrected chi connectivity index (χ2v) is 6.25. The molecule has 0 spiro atoms. The zero-order valence-electron chi connectivity index (χ0n) is 11.8. The van der Waals surface area contributed by atoms with Crippen LogP contribution in [0.3, 0.4) is 0 Å². The predicted molar refractivity (Wildman–Crippen MR) is 81.0 cm³/mol. The quantitative estimate of drug-likeness (QED) is 0.894. The molecule has 0 bridgehead atoms. The lowest BCUT2D eigenvalue weighted by molar-refractivity contribution is 0.221. The molecule has 4 heteroatoms. The van der Waals surface area contributed by atoms with Crippen molar-refractivity contribution in [3.63, 3.8) is 0 Å². The maximum absolute atomic E-state index is 13.9. The summed E-state index contributed by atoms with van der Waals surface area (Å²) in [5, 5.41) is 3.28. The van der Waals surface area contributed by atoms with Crippen molar-refractivity contribution in [1.29, 1.82) is 0 Å². The van der Waals surface area contributed by atoms with Crippen molar-refractivity contribution in [2.75, 3.05) is 24.6 Å². The van der Waals surface area contributed by atoms with Crippen LogP contribution < -0.4 is 5.32 Å². The summed E-state index contributed by atoms with van der Waals surface area (Å²) in [5.41, 5.74) is 1.99. The third kappa shape index (κ3) is 4.20. The van der Waals surface area contributed by atoms with Gasteiger partial charge in [0.1, 0.15) is 5.82 Å². The Kier molecular flexibility index (Phi) is 5.67. The van der Waals surface area contributed by atoms with Crippen LogP contribution in [0.15, 0.2) is 18.2 Å². The van der Waals surface area contributed by atoms with E-state index in [1.54, 1.807) is 6.07 Å². The standard InChI is InChI=1S/C15H23FN2S/c1-3-17-9-13-4-5-15(16)14(8-13)10-18-6-7-19-11-12(18)2/h4-5,8,12,17H,3,6-7,9-11H2,1-2H3. The minimum Gasteiger partial charge on any atom is -0.313 e. The van der Waals surface area contributed by atoms with Gasteiger partial charge in [0.05, 0.1) is 0 Å². The normalized spacial score (nSPS) is 20.7. The summed E-state index contributed by atoms with van der Waals surface area (Å²) in [6, 6.07) is 6.02. The third-order valence-corrected chi connectivity index (χ3v) is 4.76. The minimum atomic E-state index is -0.0781. The van der Waals surface area contributed by atoms with Gasteiger partial charge in [-0.05, 0) is 25.1 Å². The molecule has 1 unspecified atom stereocenters. The van der Waals surface area contributed by atoms with Gasteiger partial charge in [-0.25, -0.2) is 4.39 Å². The maximum Gasteiger partial charge on any atom is 0.127 e. The summed E-state index contributed by atoms with van der Waals surface area (Å²) < 4.78 is 13.9. The molecule has 1 fully saturated rings. The average molecular weight is 282 g/mol. The molecule has 0 saturated carbocycles. The van der Waals surface area contributed by atoms with Crippen LogP contribution in [0.2, 0.25) is 0 Å². The molecule has 1 saturated heterocycles. The van der Waals surface area contributed by atoms with Gasteiger partial charge in [0.25, 0.3) is 0 Å². The number of thioether (sulfide) groups is 1. The van der Waals surface area contributed by atoms with Crippen LogP contribution in [-0.2, 0) is 13.1 Å². The van der Waals surface area contributed by atoms with E-state index in [1.807, 2.05) is 23.9 Å². The Morgan fingerprint density at radius 2 is 2.32 bits per heavy atom. The molecule has 2 rings (SSSR count). The van der Waals surface area contributed by atoms with Gasteiger partial charge in [-0.15, -0.1) is 0 Å². The number of rotatable bonds is 5. The Bertz CT molecular complexity index is 411. The molecule has 1 heterocycles. The molecule has 19 heavy (non-hydrogen) atoms. The van der Waals surface area contributed by atoms with E-state index in [9.17, 15) is 4.39 Å². The van der Waals surface area contributed by atoms with E-state index < -0.39 is 0 Å². The number of hydrogen-bond acceptors (Lipinski definition) is 3. The first kappa shape index (κ1) is 14.8. The van der Waals surface area contributed by atoms with E-state index in [0.717, 1.165) is 48.8 Å². The largest absolute Gasteiger partial charge is 0.313 e. The van der Waals surface area contributed by atoms with Gasteiger partial charge in [-0.2, -0.15) is 11.8 Å². The number of nitrogens with one attached hydrogen (secondary N) is 1. The highest BCUT2D eigenvalue weighted by Crippen LogP contribution is 2.20. The Balaban J connectivity index is 2.05. The first-order valence-electron chi connectivity index (χ1n) is 7.00. The molecule has 1 atom stereocenters. The smallest absolute Gasteiger partial charge is 0.127 e. The summed E-state index contributed by atoms with van der Waals surface area (Å²) >= 11 is 1.99. The molecule has 0 amide bonds. The fourth-order valence-corrected chi connectivity index (χ4v) is 3.43. The molecule has 1 N–H and O–H groups in total. The second-order valence-electron chi connectivity index (χ2n) is 5.10. The fourth-order valence-electron chi connectivity index (χ4n) is 2.34. The first-order chi connectivity index (χ1) is 9.20. The molecule has 106 valence electrons. The highest BCUT2D eigenvalue weighted by Gasteiger charge is 2.19. The minimum absolute atomic E-state index is 0.0781. The van der Waals surface area contributed by atoms with E-state index >= 15 is 0 Å². The average Bonchev–Trinajstić information content (AvgIpc) is 2.42. The van der Waals surface area contributed by atoms with Gasteiger partial charge in [0, 0.05) is 42.7 Å². The van der Waals surface area contributed by atoms with Crippen molar-refractivity contribution in [3.05, 3.63) is 35.1 Å². The molecule has 0 aromatic heterocycles. The Hall–Kier alpha value is -0.580. The molecule has 1 aliphatic heterocycles. The number of halogens is 1. The molecule has 1 aliphatic rings. The Morgan fingerprint density at radius 3 is 3.05 bits per heavy atom. The van der Waals surface area contributed by atoms with Crippen LogP contribution in [0.4, 0.5) is 4.39 Å². The van der Waals surface area contributed by atoms with Crippen molar-refractivity contribution < 1.29 is 4.39 Å². The van der Waals surface area contributed by atoms with Crippen LogP contribution in [-0.4, -0.2) is 35.5 Å². The number of hydrogen-bond donors (Lipinski definition) is 1. The summed E-state index contributed by atoms with van der Waals surface area (Å²) in [5.74, 6) is 2.23. The van der Waals surface area contributed by atoms with E-state index in [2.05, 4.69) is 24.1 Å². The van der Waals surface area contributed by atoms with Crippen LogP contribution in [0.1, 0.15) is 25.0 Å². The fraction of sp³-hybridized carbons (Fsp3) is 0.600. The van der Waals surface area contributed by atoms with Crippen LogP contribution >= 0.6 is 11.8 Å². The summed E-state index contributed by atoms with van der Waals surface area (Å²) in [6.45, 7) is 7.85. The lowest BCUT2D eigenvalue weighted by Crippen LogP contribution is -2.39. The zero-order chi connectivity index (χ0) is 13.7. The summed E-state index contributed by atoms with van der Waals surface area (Å²) in [6.07, 6.45) is 0. The van der Waals surface area contributed by atoms with Crippen LogP contribution in [0, 0.1) is 5.82 Å². The van der Waals surface area contributed by atoms with E-state index in [4.69, 9.17) is 0 Å². The monoisotopic (exact) mass is 282 g/mol. The van der Waals surface area contributed by atoms with Crippen molar-refractivity contribution in [2.45, 2.75) is 33.0 Å². The Morgan fingerprint density at radius 1 is 1.47 bits per heavy atom. The lowest BCUT2D eigenvalue weighted by Gasteiger charge is -2.33. The molecule has 0 radical (unpaired) electrons. The van der Waals surface area contributed by atoms with Crippen molar-refractivity contribution in [2.24, 2.45) is 0 Å². The SMILES string of the molecule is CCNCc1ccc(F)c(CN2CCSCC2C)c1. The highest BCUT2D eigenvalue weighted by atomic mass is 32.2. The summed E-state index contributed by atoms with van der Waals surface area (Å²) in [4.78, 5) is 2.38. The van der Waals surface area contributed by atoms with E-state index in [-0.39, 0.29) is 5.82 Å². The second kappa shape index (κ2) is 7.27. The van der Waals surface area contributed by atoms with Crippen LogP contribution in [0.25, 0.3) is 0 Å². The number of nitrogens with zero attached hydrogens (tertiary/aromatic N) is 1. The number of benzene rings is 1. The molecular formula is C15H23FN2S.